The molecule has 144 valence electrons. The van der Waals surface area contributed by atoms with Gasteiger partial charge in [0.25, 0.3) is 5.69 Å². The Morgan fingerprint density at radius 3 is 2.71 bits per heavy atom. The van der Waals surface area contributed by atoms with Crippen LogP contribution < -0.4 is 10.1 Å². The number of hydrogen-bond donors (Lipinski definition) is 2. The number of pyridine rings is 1. The van der Waals surface area contributed by atoms with E-state index in [0.29, 0.717) is 17.0 Å². The highest BCUT2D eigenvalue weighted by molar-refractivity contribution is 5.93. The molecule has 10 heteroatoms. The predicted molar refractivity (Wildman–Crippen MR) is 100 cm³/mol. The molecule has 1 aromatic carbocycles. The van der Waals surface area contributed by atoms with Crippen molar-refractivity contribution in [3.63, 3.8) is 0 Å². The van der Waals surface area contributed by atoms with Crippen molar-refractivity contribution in [2.24, 2.45) is 0 Å². The van der Waals surface area contributed by atoms with E-state index in [9.17, 15) is 20.1 Å². The third-order valence-corrected chi connectivity index (χ3v) is 4.03. The van der Waals surface area contributed by atoms with E-state index in [1.54, 1.807) is 31.5 Å². The average molecular weight is 383 g/mol. The van der Waals surface area contributed by atoms with Crippen LogP contribution in [0.15, 0.2) is 36.7 Å². The number of ether oxygens (including phenoxy) is 1. The molecule has 3 aromatic rings. The molecular formula is C18H17N5O5. The van der Waals surface area contributed by atoms with Gasteiger partial charge in [-0.2, -0.15) is 4.73 Å². The molecule has 0 aliphatic rings. The van der Waals surface area contributed by atoms with Gasteiger partial charge in [-0.1, -0.05) is 0 Å². The van der Waals surface area contributed by atoms with Crippen molar-refractivity contribution in [2.45, 2.75) is 13.8 Å². The highest BCUT2D eigenvalue weighted by Gasteiger charge is 2.25. The molecule has 2 heterocycles. The van der Waals surface area contributed by atoms with Gasteiger partial charge >= 0.3 is 0 Å². The molecule has 0 bridgehead atoms. The maximum Gasteiger partial charge on any atom is 0.293 e. The van der Waals surface area contributed by atoms with E-state index in [4.69, 9.17) is 4.74 Å². The quantitative estimate of drug-likeness (QED) is 0.393. The molecule has 0 aliphatic heterocycles. The van der Waals surface area contributed by atoms with E-state index < -0.39 is 10.8 Å². The maximum absolute atomic E-state index is 11.5. The van der Waals surface area contributed by atoms with Crippen molar-refractivity contribution in [2.75, 3.05) is 12.4 Å². The van der Waals surface area contributed by atoms with Crippen LogP contribution in [-0.4, -0.2) is 37.8 Å². The van der Waals surface area contributed by atoms with Crippen molar-refractivity contribution in [1.29, 1.82) is 0 Å². The highest BCUT2D eigenvalue weighted by atomic mass is 16.6. The van der Waals surface area contributed by atoms with Gasteiger partial charge in [-0.05, 0) is 19.1 Å². The van der Waals surface area contributed by atoms with Crippen LogP contribution in [0.3, 0.4) is 0 Å². The average Bonchev–Trinajstić information content (AvgIpc) is 2.95. The number of hydrogen-bond acceptors (Lipinski definition) is 7. The van der Waals surface area contributed by atoms with Gasteiger partial charge in [0.05, 0.1) is 23.3 Å². The largest absolute Gasteiger partial charge is 0.496 e. The summed E-state index contributed by atoms with van der Waals surface area (Å²) in [7, 11) is 1.38. The Morgan fingerprint density at radius 2 is 2.14 bits per heavy atom. The third-order valence-electron chi connectivity index (χ3n) is 4.03. The van der Waals surface area contributed by atoms with Crippen LogP contribution in [0, 0.1) is 17.0 Å². The molecule has 0 saturated heterocycles. The molecule has 0 unspecified atom stereocenters. The minimum Gasteiger partial charge on any atom is -0.496 e. The summed E-state index contributed by atoms with van der Waals surface area (Å²) >= 11 is 0. The number of anilines is 1. The van der Waals surface area contributed by atoms with Crippen LogP contribution in [0.2, 0.25) is 0 Å². The maximum atomic E-state index is 11.5. The molecule has 0 saturated carbocycles. The van der Waals surface area contributed by atoms with Crippen LogP contribution in [0.1, 0.15) is 12.6 Å². The number of methoxy groups -OCH3 is 1. The molecule has 0 fully saturated rings. The van der Waals surface area contributed by atoms with E-state index in [0.717, 1.165) is 4.73 Å². The van der Waals surface area contributed by atoms with E-state index in [2.05, 4.69) is 15.3 Å². The Bertz CT molecular complexity index is 1060. The van der Waals surface area contributed by atoms with Crippen LogP contribution >= 0.6 is 0 Å². The smallest absolute Gasteiger partial charge is 0.293 e. The molecular weight excluding hydrogens is 366 g/mol. The number of imidazole rings is 1. The fourth-order valence-corrected chi connectivity index (χ4v) is 2.88. The van der Waals surface area contributed by atoms with Gasteiger partial charge in [0.2, 0.25) is 5.91 Å². The molecule has 3 rings (SSSR count). The summed E-state index contributed by atoms with van der Waals surface area (Å²) in [5, 5.41) is 24.6. The normalized spacial score (nSPS) is 10.5. The Labute approximate surface area is 159 Å². The number of aromatic nitrogens is 3. The lowest BCUT2D eigenvalue weighted by atomic mass is 10.1. The van der Waals surface area contributed by atoms with E-state index in [1.165, 1.54) is 26.2 Å². The van der Waals surface area contributed by atoms with Crippen LogP contribution in [0.25, 0.3) is 22.6 Å². The number of carbonyl (C=O) groups is 1. The fourth-order valence-electron chi connectivity index (χ4n) is 2.88. The fraction of sp³-hybridized carbons (Fsp3) is 0.167. The molecule has 0 atom stereocenters. The number of benzene rings is 1. The number of rotatable bonds is 5. The summed E-state index contributed by atoms with van der Waals surface area (Å²) in [5.41, 5.74) is 1.36. The Kier molecular flexibility index (Phi) is 4.94. The zero-order valence-corrected chi connectivity index (χ0v) is 15.3. The van der Waals surface area contributed by atoms with Crippen LogP contribution in [0.4, 0.5) is 11.4 Å². The van der Waals surface area contributed by atoms with Crippen molar-refractivity contribution in [3.8, 4) is 28.4 Å². The minimum atomic E-state index is -0.631. The van der Waals surface area contributed by atoms with Gasteiger partial charge in [-0.15, -0.1) is 0 Å². The number of nitrogens with zero attached hydrogens (tertiary/aromatic N) is 4. The van der Waals surface area contributed by atoms with Crippen LogP contribution in [-0.2, 0) is 4.79 Å². The summed E-state index contributed by atoms with van der Waals surface area (Å²) in [4.78, 5) is 30.6. The lowest BCUT2D eigenvalue weighted by Crippen LogP contribution is -2.09. The van der Waals surface area contributed by atoms with Gasteiger partial charge in [0.15, 0.2) is 5.82 Å². The first-order valence-electron chi connectivity index (χ1n) is 8.16. The highest BCUT2D eigenvalue weighted by Crippen LogP contribution is 2.39. The van der Waals surface area contributed by atoms with Gasteiger partial charge in [0, 0.05) is 37.0 Å². The molecule has 0 spiro atoms. The third kappa shape index (κ3) is 3.34. The topological polar surface area (TPSA) is 132 Å². The summed E-state index contributed by atoms with van der Waals surface area (Å²) in [6.07, 6.45) is 3.17. The first-order valence-corrected chi connectivity index (χ1v) is 8.16. The summed E-state index contributed by atoms with van der Waals surface area (Å²) in [5.74, 6) is -0.200. The molecule has 10 nitrogen and oxygen atoms in total. The summed E-state index contributed by atoms with van der Waals surface area (Å²) in [6, 6.07) is 6.00. The lowest BCUT2D eigenvalue weighted by molar-refractivity contribution is -0.383. The number of nitro benzene ring substituents is 1. The zero-order valence-electron chi connectivity index (χ0n) is 15.3. The first-order chi connectivity index (χ1) is 13.3. The summed E-state index contributed by atoms with van der Waals surface area (Å²) < 4.78 is 6.16. The number of amides is 1. The minimum absolute atomic E-state index is 0.0154. The standard InChI is InChI=1S/C18H17N5O5/c1-10-17(12-5-4-6-19-9-12)22(25)18(20-10)13-7-15(23(26)27)14(21-11(2)24)8-16(13)28-3/h4-9,25H,1-3H3,(H,21,24). The lowest BCUT2D eigenvalue weighted by Gasteiger charge is -2.12. The zero-order chi connectivity index (χ0) is 20.4. The SMILES string of the molecule is COc1cc(NC(C)=O)c([N+](=O)[O-])cc1-c1nc(C)c(-c2cccnc2)n1O. The number of nitrogens with one attached hydrogen (secondary N) is 1. The monoisotopic (exact) mass is 383 g/mol. The molecule has 2 N–H and O–H groups in total. The van der Waals surface area contributed by atoms with Crippen molar-refractivity contribution in [1.82, 2.24) is 14.7 Å². The predicted octanol–water partition coefficient (Wildman–Crippen LogP) is 3.03. The molecule has 0 radical (unpaired) electrons. The molecule has 2 aromatic heterocycles. The van der Waals surface area contributed by atoms with Crippen molar-refractivity contribution in [3.05, 3.63) is 52.5 Å². The van der Waals surface area contributed by atoms with Gasteiger partial charge in [-0.3, -0.25) is 19.9 Å². The van der Waals surface area contributed by atoms with Gasteiger partial charge in [-0.25, -0.2) is 4.98 Å². The Morgan fingerprint density at radius 1 is 1.39 bits per heavy atom. The molecule has 28 heavy (non-hydrogen) atoms. The van der Waals surface area contributed by atoms with Gasteiger partial charge < -0.3 is 15.3 Å². The van der Waals surface area contributed by atoms with E-state index >= 15 is 0 Å². The van der Waals surface area contributed by atoms with Crippen molar-refractivity contribution >= 4 is 17.3 Å². The molecule has 1 amide bonds. The second-order valence-electron chi connectivity index (χ2n) is 5.93. The summed E-state index contributed by atoms with van der Waals surface area (Å²) in [6.45, 7) is 2.94. The van der Waals surface area contributed by atoms with Gasteiger partial charge in [0.1, 0.15) is 17.1 Å². The van der Waals surface area contributed by atoms with E-state index in [1.807, 2.05) is 0 Å². The second kappa shape index (κ2) is 7.35. The van der Waals surface area contributed by atoms with Crippen LogP contribution in [0.5, 0.6) is 5.75 Å². The Balaban J connectivity index is 2.23. The molecule has 0 aliphatic carbocycles. The second-order valence-corrected chi connectivity index (χ2v) is 5.93. The number of nitro groups is 1. The first kappa shape index (κ1) is 18.8. The van der Waals surface area contributed by atoms with Crippen molar-refractivity contribution < 1.29 is 19.7 Å². The number of aryl methyl sites for hydroxylation is 1. The number of carbonyl (C=O) groups excluding carboxylic acids is 1. The Hall–Kier alpha value is -3.95. The van der Waals surface area contributed by atoms with E-state index in [-0.39, 0.29) is 28.5 Å².